The normalized spacial score (nSPS) is 16.3. The molecule has 5 nitrogen and oxygen atoms in total. The molecule has 1 heterocycles. The molecule has 0 saturated heterocycles. The van der Waals surface area contributed by atoms with Crippen LogP contribution in [0.25, 0.3) is 0 Å². The van der Waals surface area contributed by atoms with Gasteiger partial charge in [0, 0.05) is 5.69 Å². The molecule has 3 rings (SSSR count). The highest BCUT2D eigenvalue weighted by Gasteiger charge is 2.27. The van der Waals surface area contributed by atoms with Crippen molar-refractivity contribution in [2.24, 2.45) is 0 Å². The molecule has 2 aromatic carbocycles. The molecule has 3 N–H and O–H groups in total. The number of fused-ring (bicyclic) bond motifs is 1. The van der Waals surface area contributed by atoms with Crippen molar-refractivity contribution in [3.8, 4) is 11.5 Å². The van der Waals surface area contributed by atoms with Gasteiger partial charge >= 0.3 is 0 Å². The van der Waals surface area contributed by atoms with Crippen LogP contribution in [0.4, 0.5) is 11.4 Å². The zero-order chi connectivity index (χ0) is 14.8. The zero-order valence-corrected chi connectivity index (χ0v) is 11.8. The summed E-state index contributed by atoms with van der Waals surface area (Å²) >= 11 is 5.84. The van der Waals surface area contributed by atoms with Gasteiger partial charge in [-0.15, -0.1) is 0 Å². The number of anilines is 2. The van der Waals surface area contributed by atoms with E-state index in [-0.39, 0.29) is 12.5 Å². The van der Waals surface area contributed by atoms with E-state index in [1.807, 2.05) is 12.1 Å². The summed E-state index contributed by atoms with van der Waals surface area (Å²) in [6.07, 6.45) is -0.711. The van der Waals surface area contributed by atoms with Crippen LogP contribution >= 0.6 is 11.6 Å². The van der Waals surface area contributed by atoms with E-state index in [1.165, 1.54) is 0 Å². The predicted molar refractivity (Wildman–Crippen MR) is 80.8 cm³/mol. The van der Waals surface area contributed by atoms with Crippen molar-refractivity contribution in [1.82, 2.24) is 0 Å². The van der Waals surface area contributed by atoms with Gasteiger partial charge in [-0.3, -0.25) is 4.79 Å². The molecule has 1 aliphatic rings. The number of para-hydroxylation sites is 2. The molecule has 1 amide bonds. The Morgan fingerprint density at radius 1 is 1.24 bits per heavy atom. The lowest BCUT2D eigenvalue weighted by molar-refractivity contribution is -0.125. The van der Waals surface area contributed by atoms with Crippen LogP contribution in [-0.2, 0) is 4.79 Å². The minimum absolute atomic E-state index is 0.159. The third-order valence-corrected chi connectivity index (χ3v) is 3.41. The Bertz CT molecular complexity index is 690. The molecule has 2 aromatic rings. The number of halogens is 1. The molecule has 1 unspecified atom stereocenters. The smallest absolute Gasteiger partial charge is 0.269 e. The van der Waals surface area contributed by atoms with Gasteiger partial charge in [-0.25, -0.2) is 0 Å². The minimum Gasteiger partial charge on any atom is -0.485 e. The van der Waals surface area contributed by atoms with E-state index in [9.17, 15) is 4.79 Å². The number of carbonyl (C=O) groups excluding carboxylic acids is 1. The number of benzene rings is 2. The molecule has 108 valence electrons. The van der Waals surface area contributed by atoms with E-state index in [1.54, 1.807) is 30.3 Å². The summed E-state index contributed by atoms with van der Waals surface area (Å²) in [6, 6.07) is 12.1. The molecule has 0 bridgehead atoms. The van der Waals surface area contributed by atoms with Crippen molar-refractivity contribution in [3.05, 3.63) is 47.5 Å². The van der Waals surface area contributed by atoms with Crippen molar-refractivity contribution in [1.29, 1.82) is 0 Å². The number of ether oxygens (including phenoxy) is 2. The minimum atomic E-state index is -0.711. The van der Waals surface area contributed by atoms with Crippen LogP contribution in [0.3, 0.4) is 0 Å². The molecule has 6 heteroatoms. The van der Waals surface area contributed by atoms with Gasteiger partial charge in [-0.1, -0.05) is 23.7 Å². The molecule has 0 aliphatic carbocycles. The first-order chi connectivity index (χ1) is 10.1. The van der Waals surface area contributed by atoms with Gasteiger partial charge in [0.05, 0.1) is 10.7 Å². The zero-order valence-electron chi connectivity index (χ0n) is 11.0. The maximum Gasteiger partial charge on any atom is 0.269 e. The topological polar surface area (TPSA) is 73.6 Å². The van der Waals surface area contributed by atoms with Crippen molar-refractivity contribution in [2.75, 3.05) is 17.7 Å². The molecule has 1 atom stereocenters. The molecule has 0 spiro atoms. The fraction of sp³-hybridized carbons (Fsp3) is 0.133. The van der Waals surface area contributed by atoms with E-state index in [4.69, 9.17) is 26.8 Å². The second-order valence-corrected chi connectivity index (χ2v) is 5.00. The molecule has 0 radical (unpaired) electrons. The molecule has 0 saturated carbocycles. The average Bonchev–Trinajstić information content (AvgIpc) is 2.50. The van der Waals surface area contributed by atoms with Crippen LogP contribution in [0.2, 0.25) is 5.02 Å². The van der Waals surface area contributed by atoms with Crippen LogP contribution < -0.4 is 20.5 Å². The monoisotopic (exact) mass is 304 g/mol. The number of nitrogens with two attached hydrogens (primary N) is 1. The van der Waals surface area contributed by atoms with Crippen LogP contribution in [0.1, 0.15) is 0 Å². The van der Waals surface area contributed by atoms with Crippen molar-refractivity contribution in [3.63, 3.8) is 0 Å². The fourth-order valence-corrected chi connectivity index (χ4v) is 2.11. The van der Waals surface area contributed by atoms with Gasteiger partial charge in [0.1, 0.15) is 6.61 Å². The number of hydrogen-bond acceptors (Lipinski definition) is 4. The van der Waals surface area contributed by atoms with Gasteiger partial charge in [-0.2, -0.15) is 0 Å². The van der Waals surface area contributed by atoms with Gasteiger partial charge in [0.15, 0.2) is 11.5 Å². The molecule has 0 fully saturated rings. The SMILES string of the molecule is Nc1cc(NC(=O)C2COc3ccccc3O2)ccc1Cl. The number of hydrogen-bond donors (Lipinski definition) is 2. The van der Waals surface area contributed by atoms with E-state index >= 15 is 0 Å². The first-order valence-electron chi connectivity index (χ1n) is 6.38. The van der Waals surface area contributed by atoms with Gasteiger partial charge in [0.2, 0.25) is 6.10 Å². The Kier molecular flexibility index (Phi) is 3.58. The summed E-state index contributed by atoms with van der Waals surface area (Å²) in [7, 11) is 0. The van der Waals surface area contributed by atoms with Gasteiger partial charge in [0.25, 0.3) is 5.91 Å². The van der Waals surface area contributed by atoms with Gasteiger partial charge < -0.3 is 20.5 Å². The molecule has 21 heavy (non-hydrogen) atoms. The number of nitrogen functional groups attached to an aromatic ring is 1. The highest BCUT2D eigenvalue weighted by Crippen LogP contribution is 2.31. The Morgan fingerprint density at radius 3 is 2.76 bits per heavy atom. The Balaban J connectivity index is 1.70. The summed E-state index contributed by atoms with van der Waals surface area (Å²) in [5.41, 5.74) is 6.66. The second-order valence-electron chi connectivity index (χ2n) is 4.59. The fourth-order valence-electron chi connectivity index (χ4n) is 1.99. The maximum atomic E-state index is 12.2. The van der Waals surface area contributed by atoms with E-state index in [0.29, 0.717) is 27.9 Å². The van der Waals surface area contributed by atoms with Crippen LogP contribution in [0, 0.1) is 0 Å². The predicted octanol–water partition coefficient (Wildman–Crippen LogP) is 2.70. The van der Waals surface area contributed by atoms with Crippen LogP contribution in [-0.4, -0.2) is 18.6 Å². The summed E-state index contributed by atoms with van der Waals surface area (Å²) in [5.74, 6) is 0.892. The van der Waals surface area contributed by atoms with Crippen molar-refractivity contribution < 1.29 is 14.3 Å². The largest absolute Gasteiger partial charge is 0.485 e. The van der Waals surface area contributed by atoms with E-state index in [2.05, 4.69) is 5.32 Å². The average molecular weight is 305 g/mol. The Hall–Kier alpha value is -2.40. The Labute approximate surface area is 126 Å². The molecular formula is C15H13ClN2O3. The molecule has 0 aromatic heterocycles. The number of rotatable bonds is 2. The standard InChI is InChI=1S/C15H13ClN2O3/c16-10-6-5-9(7-11(10)17)18-15(19)14-8-20-12-3-1-2-4-13(12)21-14/h1-7,14H,8,17H2,(H,18,19). The highest BCUT2D eigenvalue weighted by atomic mass is 35.5. The quantitative estimate of drug-likeness (QED) is 0.837. The lowest BCUT2D eigenvalue weighted by Crippen LogP contribution is -2.40. The second kappa shape index (κ2) is 5.54. The lowest BCUT2D eigenvalue weighted by Gasteiger charge is -2.25. The van der Waals surface area contributed by atoms with E-state index in [0.717, 1.165) is 0 Å². The van der Waals surface area contributed by atoms with Crippen LogP contribution in [0.15, 0.2) is 42.5 Å². The maximum absolute atomic E-state index is 12.2. The first-order valence-corrected chi connectivity index (χ1v) is 6.75. The first kappa shape index (κ1) is 13.6. The van der Waals surface area contributed by atoms with Gasteiger partial charge in [-0.05, 0) is 30.3 Å². The van der Waals surface area contributed by atoms with Crippen LogP contribution in [0.5, 0.6) is 11.5 Å². The summed E-state index contributed by atoms with van der Waals surface area (Å²) in [6.45, 7) is 0.159. The Morgan fingerprint density at radius 2 is 2.00 bits per heavy atom. The lowest BCUT2D eigenvalue weighted by atomic mass is 10.2. The summed E-state index contributed by atoms with van der Waals surface area (Å²) in [4.78, 5) is 12.2. The van der Waals surface area contributed by atoms with Crippen molar-refractivity contribution in [2.45, 2.75) is 6.10 Å². The highest BCUT2D eigenvalue weighted by molar-refractivity contribution is 6.33. The summed E-state index contributed by atoms with van der Waals surface area (Å²) in [5, 5.41) is 3.17. The third kappa shape index (κ3) is 2.87. The van der Waals surface area contributed by atoms with Crippen molar-refractivity contribution >= 4 is 28.9 Å². The third-order valence-electron chi connectivity index (χ3n) is 3.06. The number of nitrogens with one attached hydrogen (secondary N) is 1. The number of amides is 1. The molecule has 1 aliphatic heterocycles. The molecular weight excluding hydrogens is 292 g/mol. The summed E-state index contributed by atoms with van der Waals surface area (Å²) < 4.78 is 11.1. The number of carbonyl (C=O) groups is 1. The van der Waals surface area contributed by atoms with E-state index < -0.39 is 6.10 Å².